The molecule has 0 atom stereocenters. The maximum absolute atomic E-state index is 12.6. The molecule has 0 aliphatic heterocycles. The average molecular weight is 307 g/mol. The molecule has 0 aliphatic rings. The summed E-state index contributed by atoms with van der Waals surface area (Å²) in [6, 6.07) is 1.71. The van der Waals surface area contributed by atoms with Gasteiger partial charge in [-0.15, -0.1) is 0 Å². The number of hydrogen-bond acceptors (Lipinski definition) is 2. The van der Waals surface area contributed by atoms with E-state index in [1.807, 2.05) is 0 Å². The minimum atomic E-state index is -4.49. The number of alkyl halides is 3. The lowest BCUT2D eigenvalue weighted by atomic mass is 10.1. The second-order valence-corrected chi connectivity index (χ2v) is 4.36. The topological polar surface area (TPSA) is 45.8 Å². The predicted molar refractivity (Wildman–Crippen MR) is 59.8 cm³/mol. The van der Waals surface area contributed by atoms with Crippen molar-refractivity contribution in [2.75, 3.05) is 0 Å². The highest BCUT2D eigenvalue weighted by Crippen LogP contribution is 2.33. The van der Waals surface area contributed by atoms with E-state index in [4.69, 9.17) is 0 Å². The maximum Gasteiger partial charge on any atom is 0.416 e. The van der Waals surface area contributed by atoms with Crippen LogP contribution in [0, 0.1) is 6.92 Å². The number of aromatic nitrogens is 2. The smallest absolute Gasteiger partial charge is 0.310 e. The lowest BCUT2D eigenvalue weighted by Crippen LogP contribution is -2.12. The fourth-order valence-corrected chi connectivity index (χ4v) is 2.03. The van der Waals surface area contributed by atoms with E-state index in [0.29, 0.717) is 5.82 Å². The molecule has 0 spiro atoms. The number of nitrogens with one attached hydrogen (secondary N) is 1. The monoisotopic (exact) mass is 306 g/mol. The molecule has 0 aliphatic carbocycles. The average Bonchev–Trinajstić information content (AvgIpc) is 2.17. The van der Waals surface area contributed by atoms with Crippen LogP contribution in [0.1, 0.15) is 11.4 Å². The summed E-state index contributed by atoms with van der Waals surface area (Å²) in [7, 11) is 0. The molecule has 90 valence electrons. The molecule has 7 heteroatoms. The predicted octanol–water partition coefficient (Wildman–Crippen LogP) is 3.01. The normalized spacial score (nSPS) is 12.1. The Kier molecular flexibility index (Phi) is 2.73. The van der Waals surface area contributed by atoms with Crippen LogP contribution in [0.3, 0.4) is 0 Å². The zero-order valence-electron chi connectivity index (χ0n) is 8.52. The van der Waals surface area contributed by atoms with Gasteiger partial charge in [0, 0.05) is 4.47 Å². The van der Waals surface area contributed by atoms with Crippen LogP contribution >= 0.6 is 15.9 Å². The largest absolute Gasteiger partial charge is 0.416 e. The van der Waals surface area contributed by atoms with Gasteiger partial charge in [-0.05, 0) is 35.0 Å². The van der Waals surface area contributed by atoms with Gasteiger partial charge in [0.25, 0.3) is 5.56 Å². The highest BCUT2D eigenvalue weighted by Gasteiger charge is 2.31. The molecular formula is C10H6BrF3N2O. The summed E-state index contributed by atoms with van der Waals surface area (Å²) in [6.07, 6.45) is -4.49. The first-order chi connectivity index (χ1) is 7.79. The zero-order chi connectivity index (χ0) is 12.8. The van der Waals surface area contributed by atoms with Gasteiger partial charge in [0.1, 0.15) is 5.82 Å². The van der Waals surface area contributed by atoms with Crippen molar-refractivity contribution >= 4 is 26.8 Å². The Bertz CT molecular complexity index is 648. The van der Waals surface area contributed by atoms with Crippen molar-refractivity contribution in [1.82, 2.24) is 9.97 Å². The molecule has 1 aromatic carbocycles. The Morgan fingerprint density at radius 2 is 2.00 bits per heavy atom. The molecule has 3 nitrogen and oxygen atoms in total. The van der Waals surface area contributed by atoms with Crippen molar-refractivity contribution in [3.8, 4) is 0 Å². The van der Waals surface area contributed by atoms with Gasteiger partial charge >= 0.3 is 6.18 Å². The van der Waals surface area contributed by atoms with Gasteiger partial charge in [0.15, 0.2) is 0 Å². The Morgan fingerprint density at radius 1 is 1.35 bits per heavy atom. The molecule has 17 heavy (non-hydrogen) atoms. The van der Waals surface area contributed by atoms with Crippen LogP contribution in [0.15, 0.2) is 21.4 Å². The minimum Gasteiger partial charge on any atom is -0.310 e. The summed E-state index contributed by atoms with van der Waals surface area (Å²) in [4.78, 5) is 17.9. The molecular weight excluding hydrogens is 301 g/mol. The molecule has 1 N–H and O–H groups in total. The van der Waals surface area contributed by atoms with Crippen LogP contribution < -0.4 is 5.56 Å². The number of benzene rings is 1. The van der Waals surface area contributed by atoms with Crippen LogP contribution in [-0.2, 0) is 6.18 Å². The SMILES string of the molecule is Cc1nc2c(Br)cc(C(F)(F)F)cc2c(=O)[nH]1. The van der Waals surface area contributed by atoms with Gasteiger partial charge in [-0.2, -0.15) is 13.2 Å². The van der Waals surface area contributed by atoms with Crippen molar-refractivity contribution in [1.29, 1.82) is 0 Å². The number of aromatic amines is 1. The molecule has 0 bridgehead atoms. The van der Waals surface area contributed by atoms with Crippen molar-refractivity contribution in [3.63, 3.8) is 0 Å². The number of halogens is 4. The Labute approximate surface area is 102 Å². The van der Waals surface area contributed by atoms with Crippen LogP contribution in [0.25, 0.3) is 10.9 Å². The highest BCUT2D eigenvalue weighted by atomic mass is 79.9. The van der Waals surface area contributed by atoms with Gasteiger partial charge in [0.2, 0.25) is 0 Å². The molecule has 2 rings (SSSR count). The number of rotatable bonds is 0. The van der Waals surface area contributed by atoms with Crippen LogP contribution in [0.4, 0.5) is 13.2 Å². The van der Waals surface area contributed by atoms with Crippen molar-refractivity contribution in [2.45, 2.75) is 13.1 Å². The van der Waals surface area contributed by atoms with Gasteiger partial charge in [-0.3, -0.25) is 4.79 Å². The molecule has 2 aromatic rings. The molecule has 0 saturated heterocycles. The van der Waals surface area contributed by atoms with Crippen LogP contribution in [0.2, 0.25) is 0 Å². The van der Waals surface area contributed by atoms with E-state index in [1.54, 1.807) is 6.92 Å². The quantitative estimate of drug-likeness (QED) is 0.813. The first kappa shape index (κ1) is 12.1. The van der Waals surface area contributed by atoms with E-state index in [0.717, 1.165) is 12.1 Å². The second kappa shape index (κ2) is 3.83. The molecule has 0 saturated carbocycles. The van der Waals surface area contributed by atoms with E-state index in [1.165, 1.54) is 0 Å². The van der Waals surface area contributed by atoms with Crippen molar-refractivity contribution in [3.05, 3.63) is 38.3 Å². The Morgan fingerprint density at radius 3 is 2.59 bits per heavy atom. The third-order valence-electron chi connectivity index (χ3n) is 2.21. The van der Waals surface area contributed by atoms with Gasteiger partial charge in [-0.25, -0.2) is 4.98 Å². The fourth-order valence-electron chi connectivity index (χ4n) is 1.48. The summed E-state index contributed by atoms with van der Waals surface area (Å²) in [5, 5.41) is -0.0858. The third kappa shape index (κ3) is 2.19. The van der Waals surface area contributed by atoms with E-state index in [2.05, 4.69) is 25.9 Å². The number of aryl methyl sites for hydroxylation is 1. The van der Waals surface area contributed by atoms with E-state index in [-0.39, 0.29) is 15.4 Å². The third-order valence-corrected chi connectivity index (χ3v) is 2.81. The van der Waals surface area contributed by atoms with Gasteiger partial charge in [-0.1, -0.05) is 0 Å². The fraction of sp³-hybridized carbons (Fsp3) is 0.200. The Hall–Kier alpha value is -1.37. The number of fused-ring (bicyclic) bond motifs is 1. The van der Waals surface area contributed by atoms with E-state index >= 15 is 0 Å². The highest BCUT2D eigenvalue weighted by molar-refractivity contribution is 9.10. The maximum atomic E-state index is 12.6. The van der Waals surface area contributed by atoms with Crippen LogP contribution in [-0.4, -0.2) is 9.97 Å². The molecule has 0 radical (unpaired) electrons. The van der Waals surface area contributed by atoms with E-state index < -0.39 is 17.3 Å². The summed E-state index contributed by atoms with van der Waals surface area (Å²) in [5.41, 5.74) is -1.24. The number of nitrogens with zero attached hydrogens (tertiary/aromatic N) is 1. The van der Waals surface area contributed by atoms with Crippen molar-refractivity contribution < 1.29 is 13.2 Å². The summed E-state index contributed by atoms with van der Waals surface area (Å²) in [6.45, 7) is 1.56. The lowest BCUT2D eigenvalue weighted by Gasteiger charge is -2.09. The second-order valence-electron chi connectivity index (χ2n) is 3.50. The zero-order valence-corrected chi connectivity index (χ0v) is 10.1. The molecule has 0 amide bonds. The summed E-state index contributed by atoms with van der Waals surface area (Å²) < 4.78 is 37.8. The Balaban J connectivity index is 2.88. The molecule has 0 unspecified atom stereocenters. The summed E-state index contributed by atoms with van der Waals surface area (Å²) >= 11 is 2.99. The first-order valence-electron chi connectivity index (χ1n) is 4.56. The lowest BCUT2D eigenvalue weighted by molar-refractivity contribution is -0.137. The number of H-pyrrole nitrogens is 1. The summed E-state index contributed by atoms with van der Waals surface area (Å²) in [5.74, 6) is 0.350. The van der Waals surface area contributed by atoms with Gasteiger partial charge < -0.3 is 4.98 Å². The van der Waals surface area contributed by atoms with Crippen LogP contribution in [0.5, 0.6) is 0 Å². The molecule has 0 fully saturated rings. The molecule has 1 heterocycles. The first-order valence-corrected chi connectivity index (χ1v) is 5.35. The van der Waals surface area contributed by atoms with Gasteiger partial charge in [0.05, 0.1) is 16.5 Å². The standard InChI is InChI=1S/C10H6BrF3N2O/c1-4-15-8-6(9(17)16-4)2-5(3-7(8)11)10(12,13)14/h2-3H,1H3,(H,15,16,17). The molecule has 1 aromatic heterocycles. The van der Waals surface area contributed by atoms with Crippen molar-refractivity contribution in [2.24, 2.45) is 0 Å². The van der Waals surface area contributed by atoms with E-state index in [9.17, 15) is 18.0 Å². The minimum absolute atomic E-state index is 0.0858. The number of hydrogen-bond donors (Lipinski definition) is 1.